The van der Waals surface area contributed by atoms with Gasteiger partial charge >= 0.3 is 0 Å². The zero-order valence-corrected chi connectivity index (χ0v) is 11.4. The average Bonchev–Trinajstić information content (AvgIpc) is 2.89. The van der Waals surface area contributed by atoms with Gasteiger partial charge in [-0.15, -0.1) is 0 Å². The molecule has 2 aromatic heterocycles. The third kappa shape index (κ3) is 2.47. The Balaban J connectivity index is 1.82. The predicted molar refractivity (Wildman–Crippen MR) is 71.7 cm³/mol. The first-order valence-electron chi connectivity index (χ1n) is 5.94. The summed E-state index contributed by atoms with van der Waals surface area (Å²) in [6, 6.07) is 3.80. The first kappa shape index (κ1) is 11.9. The van der Waals surface area contributed by atoms with Crippen LogP contribution in [-0.2, 0) is 4.74 Å². The van der Waals surface area contributed by atoms with Crippen molar-refractivity contribution < 1.29 is 9.47 Å². The van der Waals surface area contributed by atoms with Gasteiger partial charge in [-0.1, -0.05) is 0 Å². The maximum atomic E-state index is 5.85. The molecular weight excluding hydrogens is 296 g/mol. The maximum absolute atomic E-state index is 5.85. The van der Waals surface area contributed by atoms with Gasteiger partial charge < -0.3 is 9.47 Å². The van der Waals surface area contributed by atoms with Gasteiger partial charge in [-0.05, 0) is 28.4 Å². The molecule has 18 heavy (non-hydrogen) atoms. The van der Waals surface area contributed by atoms with Gasteiger partial charge in [-0.3, -0.25) is 4.98 Å². The number of hydrogen-bond acceptors (Lipinski definition) is 4. The number of hydrogen-bond donors (Lipinski definition) is 0. The highest BCUT2D eigenvalue weighted by atomic mass is 79.9. The molecule has 3 heterocycles. The summed E-state index contributed by atoms with van der Waals surface area (Å²) in [6.45, 7) is 2.31. The number of fused-ring (bicyclic) bond motifs is 1. The van der Waals surface area contributed by atoms with Crippen molar-refractivity contribution in [1.82, 2.24) is 9.97 Å². The van der Waals surface area contributed by atoms with Crippen LogP contribution in [0.3, 0.4) is 0 Å². The fraction of sp³-hybridized carbons (Fsp3) is 0.385. The van der Waals surface area contributed by atoms with Gasteiger partial charge in [-0.25, -0.2) is 4.98 Å². The van der Waals surface area contributed by atoms with Crippen LogP contribution in [0.15, 0.2) is 29.0 Å². The van der Waals surface area contributed by atoms with Crippen LogP contribution in [0.2, 0.25) is 0 Å². The van der Waals surface area contributed by atoms with Crippen molar-refractivity contribution in [2.24, 2.45) is 5.92 Å². The summed E-state index contributed by atoms with van der Waals surface area (Å²) in [5.74, 6) is 1.28. The lowest BCUT2D eigenvalue weighted by Crippen LogP contribution is -2.12. The Bertz CT molecular complexity index is 556. The van der Waals surface area contributed by atoms with Crippen molar-refractivity contribution >= 4 is 27.0 Å². The summed E-state index contributed by atoms with van der Waals surface area (Å²) < 4.78 is 12.1. The fourth-order valence-electron chi connectivity index (χ4n) is 2.02. The van der Waals surface area contributed by atoms with E-state index in [1.54, 1.807) is 12.4 Å². The summed E-state index contributed by atoms with van der Waals surface area (Å²) >= 11 is 3.39. The van der Waals surface area contributed by atoms with Crippen molar-refractivity contribution in [1.29, 1.82) is 0 Å². The van der Waals surface area contributed by atoms with Crippen molar-refractivity contribution in [3.05, 3.63) is 29.0 Å². The summed E-state index contributed by atoms with van der Waals surface area (Å²) in [5, 5.41) is 0. The molecule has 1 aliphatic rings. The lowest BCUT2D eigenvalue weighted by molar-refractivity contribution is 0.167. The molecule has 0 amide bonds. The van der Waals surface area contributed by atoms with E-state index in [-0.39, 0.29) is 0 Å². The van der Waals surface area contributed by atoms with Crippen molar-refractivity contribution in [3.8, 4) is 5.75 Å². The van der Waals surface area contributed by atoms with E-state index in [1.807, 2.05) is 12.1 Å². The highest BCUT2D eigenvalue weighted by Crippen LogP contribution is 2.25. The molecule has 2 aromatic rings. The highest BCUT2D eigenvalue weighted by molar-refractivity contribution is 9.10. The second-order valence-corrected chi connectivity index (χ2v) is 5.29. The zero-order chi connectivity index (χ0) is 12.4. The molecule has 0 aromatic carbocycles. The second kappa shape index (κ2) is 5.20. The van der Waals surface area contributed by atoms with Crippen molar-refractivity contribution in [2.75, 3.05) is 19.8 Å². The minimum atomic E-state index is 0.490. The number of aromatic nitrogens is 2. The summed E-state index contributed by atoms with van der Waals surface area (Å²) in [5.41, 5.74) is 1.64. The van der Waals surface area contributed by atoms with Gasteiger partial charge in [0.25, 0.3) is 0 Å². The largest absolute Gasteiger partial charge is 0.491 e. The normalized spacial score (nSPS) is 19.3. The molecule has 1 fully saturated rings. The van der Waals surface area contributed by atoms with Gasteiger partial charge in [0.1, 0.15) is 11.3 Å². The van der Waals surface area contributed by atoms with E-state index in [9.17, 15) is 0 Å². The van der Waals surface area contributed by atoms with E-state index in [4.69, 9.17) is 9.47 Å². The van der Waals surface area contributed by atoms with Crippen LogP contribution >= 0.6 is 15.9 Å². The number of pyridine rings is 2. The Kier molecular flexibility index (Phi) is 3.43. The molecular formula is C13H13BrN2O2. The van der Waals surface area contributed by atoms with E-state index in [0.717, 1.165) is 40.9 Å². The van der Waals surface area contributed by atoms with Crippen LogP contribution < -0.4 is 4.74 Å². The van der Waals surface area contributed by atoms with E-state index in [2.05, 4.69) is 25.9 Å². The molecule has 0 spiro atoms. The molecule has 94 valence electrons. The summed E-state index contributed by atoms with van der Waals surface area (Å²) in [4.78, 5) is 8.65. The number of ether oxygens (including phenoxy) is 2. The molecule has 0 saturated carbocycles. The third-order valence-corrected chi connectivity index (χ3v) is 3.44. The predicted octanol–water partition coefficient (Wildman–Crippen LogP) is 2.81. The van der Waals surface area contributed by atoms with Crippen LogP contribution in [-0.4, -0.2) is 29.8 Å². The monoisotopic (exact) mass is 308 g/mol. The highest BCUT2D eigenvalue weighted by Gasteiger charge is 2.17. The fourth-order valence-corrected chi connectivity index (χ4v) is 2.34. The SMILES string of the molecule is Brc1cnc2c(OCC3CCOC3)ccnc2c1. The molecule has 1 aliphatic heterocycles. The number of halogens is 1. The minimum Gasteiger partial charge on any atom is -0.491 e. The molecule has 1 unspecified atom stereocenters. The van der Waals surface area contributed by atoms with Gasteiger partial charge in [0.15, 0.2) is 0 Å². The van der Waals surface area contributed by atoms with E-state index in [1.165, 1.54) is 0 Å². The second-order valence-electron chi connectivity index (χ2n) is 4.37. The molecule has 1 saturated heterocycles. The Morgan fingerprint density at radius 2 is 2.39 bits per heavy atom. The van der Waals surface area contributed by atoms with Crippen LogP contribution in [0.5, 0.6) is 5.75 Å². The van der Waals surface area contributed by atoms with Gasteiger partial charge in [0, 0.05) is 35.5 Å². The van der Waals surface area contributed by atoms with Crippen LogP contribution in [0.25, 0.3) is 11.0 Å². The standard InChI is InChI=1S/C13H13BrN2O2/c14-10-5-11-13(16-6-10)12(1-3-15-11)18-8-9-2-4-17-7-9/h1,3,5-6,9H,2,4,7-8H2. The quantitative estimate of drug-likeness (QED) is 0.874. The first-order chi connectivity index (χ1) is 8.83. The maximum Gasteiger partial charge on any atom is 0.148 e. The number of nitrogens with zero attached hydrogens (tertiary/aromatic N) is 2. The lowest BCUT2D eigenvalue weighted by atomic mass is 10.1. The molecule has 0 bridgehead atoms. The van der Waals surface area contributed by atoms with Crippen molar-refractivity contribution in [3.63, 3.8) is 0 Å². The topological polar surface area (TPSA) is 44.2 Å². The first-order valence-corrected chi connectivity index (χ1v) is 6.73. The van der Waals surface area contributed by atoms with E-state index in [0.29, 0.717) is 12.5 Å². The van der Waals surface area contributed by atoms with E-state index < -0.39 is 0 Å². The third-order valence-electron chi connectivity index (χ3n) is 3.01. The Morgan fingerprint density at radius 3 is 3.22 bits per heavy atom. The molecule has 1 atom stereocenters. The average molecular weight is 309 g/mol. The smallest absolute Gasteiger partial charge is 0.148 e. The van der Waals surface area contributed by atoms with Crippen LogP contribution in [0, 0.1) is 5.92 Å². The minimum absolute atomic E-state index is 0.490. The molecule has 4 nitrogen and oxygen atoms in total. The van der Waals surface area contributed by atoms with Crippen LogP contribution in [0.1, 0.15) is 6.42 Å². The Labute approximate surface area is 113 Å². The van der Waals surface area contributed by atoms with Crippen molar-refractivity contribution in [2.45, 2.75) is 6.42 Å². The lowest BCUT2D eigenvalue weighted by Gasteiger charge is -2.11. The van der Waals surface area contributed by atoms with Crippen LogP contribution in [0.4, 0.5) is 0 Å². The Hall–Kier alpha value is -1.20. The molecule has 5 heteroatoms. The summed E-state index contributed by atoms with van der Waals surface area (Å²) in [7, 11) is 0. The molecule has 3 rings (SSSR count). The van der Waals surface area contributed by atoms with Gasteiger partial charge in [0.2, 0.25) is 0 Å². The van der Waals surface area contributed by atoms with Gasteiger partial charge in [0.05, 0.1) is 18.7 Å². The molecule has 0 radical (unpaired) electrons. The summed E-state index contributed by atoms with van der Waals surface area (Å²) in [6.07, 6.45) is 4.58. The number of rotatable bonds is 3. The van der Waals surface area contributed by atoms with Gasteiger partial charge in [-0.2, -0.15) is 0 Å². The van der Waals surface area contributed by atoms with E-state index >= 15 is 0 Å². The molecule has 0 aliphatic carbocycles. The molecule has 0 N–H and O–H groups in total. The zero-order valence-electron chi connectivity index (χ0n) is 9.80. The Morgan fingerprint density at radius 1 is 1.44 bits per heavy atom.